The van der Waals surface area contributed by atoms with Crippen LogP contribution in [0.2, 0.25) is 0 Å². The summed E-state index contributed by atoms with van der Waals surface area (Å²) in [7, 11) is 0. The van der Waals surface area contributed by atoms with Crippen LogP contribution in [0.5, 0.6) is 0 Å². The van der Waals surface area contributed by atoms with Crippen LogP contribution in [-0.2, 0) is 15.0 Å². The zero-order valence-corrected chi connectivity index (χ0v) is 14.8. The van der Waals surface area contributed by atoms with Crippen molar-refractivity contribution in [1.29, 1.82) is 0 Å². The average Bonchev–Trinajstić information content (AvgIpc) is 2.61. The second-order valence-corrected chi connectivity index (χ2v) is 7.75. The monoisotopic (exact) mass is 364 g/mol. The molecular formula is C20H26F2N2O2. The third-order valence-corrected chi connectivity index (χ3v) is 6.23. The van der Waals surface area contributed by atoms with Crippen LogP contribution >= 0.6 is 0 Å². The van der Waals surface area contributed by atoms with Crippen LogP contribution in [0.1, 0.15) is 50.5 Å². The molecule has 1 atom stereocenters. The number of halogens is 2. The van der Waals surface area contributed by atoms with E-state index in [1.54, 1.807) is 0 Å². The van der Waals surface area contributed by atoms with Crippen molar-refractivity contribution in [2.75, 3.05) is 6.54 Å². The number of hydrogen-bond donors (Lipinski definition) is 2. The Bertz CT molecular complexity index is 668. The lowest BCUT2D eigenvalue weighted by Gasteiger charge is -2.41. The van der Waals surface area contributed by atoms with E-state index in [1.807, 2.05) is 0 Å². The van der Waals surface area contributed by atoms with Gasteiger partial charge in [0.1, 0.15) is 6.29 Å². The van der Waals surface area contributed by atoms with E-state index < -0.39 is 17.0 Å². The van der Waals surface area contributed by atoms with E-state index in [2.05, 4.69) is 5.32 Å². The van der Waals surface area contributed by atoms with Crippen LogP contribution in [0.25, 0.3) is 0 Å². The Balaban J connectivity index is 1.59. The molecule has 2 aliphatic carbocycles. The summed E-state index contributed by atoms with van der Waals surface area (Å²) >= 11 is 0. The zero-order valence-electron chi connectivity index (χ0n) is 14.8. The summed E-state index contributed by atoms with van der Waals surface area (Å²) in [5.41, 5.74) is 6.01. The Morgan fingerprint density at radius 2 is 1.92 bits per heavy atom. The van der Waals surface area contributed by atoms with Gasteiger partial charge in [0, 0.05) is 18.5 Å². The van der Waals surface area contributed by atoms with Gasteiger partial charge in [-0.05, 0) is 62.1 Å². The highest BCUT2D eigenvalue weighted by atomic mass is 19.2. The summed E-state index contributed by atoms with van der Waals surface area (Å²) in [6, 6.07) is 3.55. The van der Waals surface area contributed by atoms with Gasteiger partial charge >= 0.3 is 0 Å². The first kappa shape index (κ1) is 19.0. The minimum Gasteiger partial charge on any atom is -0.354 e. The highest BCUT2D eigenvalue weighted by Crippen LogP contribution is 2.44. The van der Waals surface area contributed by atoms with E-state index in [-0.39, 0.29) is 17.9 Å². The summed E-state index contributed by atoms with van der Waals surface area (Å²) in [5, 5.41) is 2.93. The molecule has 0 heterocycles. The number of amides is 1. The first-order valence-corrected chi connectivity index (χ1v) is 9.41. The Hall–Kier alpha value is -1.82. The highest BCUT2D eigenvalue weighted by Gasteiger charge is 2.46. The molecule has 1 aromatic rings. The number of benzene rings is 1. The largest absolute Gasteiger partial charge is 0.354 e. The van der Waals surface area contributed by atoms with Crippen molar-refractivity contribution in [2.45, 2.75) is 56.4 Å². The van der Waals surface area contributed by atoms with Gasteiger partial charge in [-0.1, -0.05) is 12.5 Å². The molecule has 0 aliphatic heterocycles. The Morgan fingerprint density at radius 3 is 2.46 bits per heavy atom. The smallest absolute Gasteiger partial charge is 0.230 e. The van der Waals surface area contributed by atoms with E-state index in [0.717, 1.165) is 50.5 Å². The molecule has 1 unspecified atom stereocenters. The quantitative estimate of drug-likeness (QED) is 0.763. The molecule has 1 amide bonds. The maximum atomic E-state index is 13.6. The van der Waals surface area contributed by atoms with E-state index in [9.17, 15) is 18.4 Å². The minimum atomic E-state index is -0.926. The third-order valence-electron chi connectivity index (χ3n) is 6.23. The molecule has 2 aliphatic rings. The van der Waals surface area contributed by atoms with Crippen LogP contribution in [0.3, 0.4) is 0 Å². The summed E-state index contributed by atoms with van der Waals surface area (Å²) in [4.78, 5) is 23.6. The molecule has 3 rings (SSSR count). The zero-order chi connectivity index (χ0) is 18.7. The van der Waals surface area contributed by atoms with E-state index in [1.165, 1.54) is 6.07 Å². The molecule has 2 fully saturated rings. The van der Waals surface area contributed by atoms with Gasteiger partial charge in [-0.2, -0.15) is 0 Å². The normalized spacial score (nSPS) is 25.8. The predicted octanol–water partition coefficient (Wildman–Crippen LogP) is 2.84. The summed E-state index contributed by atoms with van der Waals surface area (Å²) in [6.45, 7) is 0.362. The van der Waals surface area contributed by atoms with E-state index >= 15 is 0 Å². The topological polar surface area (TPSA) is 72.2 Å². The van der Waals surface area contributed by atoms with Gasteiger partial charge in [0.25, 0.3) is 0 Å². The summed E-state index contributed by atoms with van der Waals surface area (Å²) < 4.78 is 26.8. The van der Waals surface area contributed by atoms with Crippen molar-refractivity contribution in [1.82, 2.24) is 5.32 Å². The standard InChI is InChI=1S/C20H26F2N2O2/c21-16-7-6-15(10-17(16)22)20(8-1-9-20)19(26)24-11-18(23)14-4-2-13(12-25)3-5-14/h6-7,10,12-14,18H,1-5,8-9,11,23H2,(H,24,26). The fourth-order valence-electron chi connectivity index (χ4n) is 4.23. The van der Waals surface area contributed by atoms with Crippen LogP contribution in [-0.4, -0.2) is 24.8 Å². The maximum absolute atomic E-state index is 13.6. The molecule has 26 heavy (non-hydrogen) atoms. The third kappa shape index (κ3) is 3.65. The van der Waals surface area contributed by atoms with Crippen molar-refractivity contribution < 1.29 is 18.4 Å². The van der Waals surface area contributed by atoms with Crippen LogP contribution in [0.15, 0.2) is 18.2 Å². The van der Waals surface area contributed by atoms with Gasteiger partial charge in [0.15, 0.2) is 11.6 Å². The molecule has 0 aromatic heterocycles. The predicted molar refractivity (Wildman–Crippen MR) is 94.4 cm³/mol. The lowest BCUT2D eigenvalue weighted by atomic mass is 9.63. The summed E-state index contributed by atoms with van der Waals surface area (Å²) in [6.07, 6.45) is 6.67. The van der Waals surface area contributed by atoms with Gasteiger partial charge in [-0.3, -0.25) is 4.79 Å². The number of carbonyl (C=O) groups is 2. The Kier molecular flexibility index (Phi) is 5.70. The van der Waals surface area contributed by atoms with Crippen molar-refractivity contribution in [3.05, 3.63) is 35.4 Å². The molecule has 3 N–H and O–H groups in total. The average molecular weight is 364 g/mol. The summed E-state index contributed by atoms with van der Waals surface area (Å²) in [5.74, 6) is -1.56. The molecular weight excluding hydrogens is 338 g/mol. The minimum absolute atomic E-state index is 0.139. The van der Waals surface area contributed by atoms with Crippen molar-refractivity contribution in [3.8, 4) is 0 Å². The SMILES string of the molecule is NC(CNC(=O)C1(c2ccc(F)c(F)c2)CCC1)C1CCC(C=O)CC1. The van der Waals surface area contributed by atoms with Crippen LogP contribution in [0.4, 0.5) is 8.78 Å². The van der Waals surface area contributed by atoms with Crippen LogP contribution in [0, 0.1) is 23.5 Å². The second-order valence-electron chi connectivity index (χ2n) is 7.75. The highest BCUT2D eigenvalue weighted by molar-refractivity contribution is 5.89. The molecule has 1 aromatic carbocycles. The number of hydrogen-bond acceptors (Lipinski definition) is 3. The Morgan fingerprint density at radius 1 is 1.23 bits per heavy atom. The number of rotatable bonds is 6. The van der Waals surface area contributed by atoms with Gasteiger partial charge in [0.2, 0.25) is 5.91 Å². The van der Waals surface area contributed by atoms with E-state index in [0.29, 0.717) is 30.9 Å². The van der Waals surface area contributed by atoms with Gasteiger partial charge in [-0.25, -0.2) is 8.78 Å². The lowest BCUT2D eigenvalue weighted by Crippen LogP contribution is -2.52. The van der Waals surface area contributed by atoms with Gasteiger partial charge < -0.3 is 15.8 Å². The molecule has 0 spiro atoms. The fraction of sp³-hybridized carbons (Fsp3) is 0.600. The molecule has 0 radical (unpaired) electrons. The lowest BCUT2D eigenvalue weighted by molar-refractivity contribution is -0.130. The van der Waals surface area contributed by atoms with Crippen LogP contribution < -0.4 is 11.1 Å². The fourth-order valence-corrected chi connectivity index (χ4v) is 4.23. The molecule has 0 saturated heterocycles. The molecule has 4 nitrogen and oxygen atoms in total. The maximum Gasteiger partial charge on any atom is 0.230 e. The first-order valence-electron chi connectivity index (χ1n) is 9.41. The second kappa shape index (κ2) is 7.82. The van der Waals surface area contributed by atoms with Crippen molar-refractivity contribution in [3.63, 3.8) is 0 Å². The molecule has 2 saturated carbocycles. The molecule has 6 heteroatoms. The molecule has 142 valence electrons. The van der Waals surface area contributed by atoms with Gasteiger partial charge in [0.05, 0.1) is 5.41 Å². The number of aldehydes is 1. The number of nitrogens with one attached hydrogen (secondary N) is 1. The van der Waals surface area contributed by atoms with Crippen molar-refractivity contribution >= 4 is 12.2 Å². The van der Waals surface area contributed by atoms with E-state index in [4.69, 9.17) is 5.73 Å². The number of nitrogens with two attached hydrogens (primary N) is 1. The first-order chi connectivity index (χ1) is 12.5. The number of carbonyl (C=O) groups excluding carboxylic acids is 2. The van der Waals surface area contributed by atoms with Crippen molar-refractivity contribution in [2.24, 2.45) is 17.6 Å². The van der Waals surface area contributed by atoms with Gasteiger partial charge in [-0.15, -0.1) is 0 Å². The Labute approximate surface area is 152 Å². The molecule has 0 bridgehead atoms.